The van der Waals surface area contributed by atoms with E-state index in [9.17, 15) is 33.6 Å². The number of benzene rings is 3. The minimum Gasteiger partial charge on any atom is -0.467 e. The SMILES string of the molecule is COC(=O)C1O[C@@H](CCc2cc(NC(=O)[C@H](C)NC(=O)[C@@H](NC(=O)OCC3c4ccccc4-c4ccccc43)C(C)C)ccc2CO[Si](C)(C)C(C)(C)C)[C@H](OC(C)=O)[C@@H](OC(C)=O)[C@@H]1OC(C)=O. The van der Waals surface area contributed by atoms with E-state index in [0.717, 1.165) is 55.7 Å². The lowest BCUT2D eigenvalue weighted by Crippen LogP contribution is -2.63. The van der Waals surface area contributed by atoms with Gasteiger partial charge in [-0.25, -0.2) is 9.59 Å². The standard InChI is InChI=1S/C51H67N3O14Si/c1-28(2)42(54-50(61)63-27-40-38-19-15-13-17-36(38)37-18-14-16-20-39(37)40)48(59)52-29(3)47(58)53-35-23-21-34(26-64-69(11,12)51(7,8)9)33(25-35)22-24-41-43(65-30(4)55)44(66-31(5)56)45(67-32(6)57)46(68-41)49(60)62-10/h13-21,23,25,28-29,40-46H,22,24,26-27H2,1-12H3,(H,52,59)(H,53,58)(H,54,61)/t29-,41-,42-,43-,44+,45-,46?/m0/s1. The molecule has 3 aromatic carbocycles. The predicted molar refractivity (Wildman–Crippen MR) is 257 cm³/mol. The number of hydrogen-bond donors (Lipinski definition) is 3. The van der Waals surface area contributed by atoms with E-state index in [4.69, 9.17) is 32.8 Å². The second-order valence-electron chi connectivity index (χ2n) is 19.3. The maximum Gasteiger partial charge on any atom is 0.407 e. The minimum atomic E-state index is -2.27. The van der Waals surface area contributed by atoms with E-state index in [1.807, 2.05) is 54.6 Å². The number of anilines is 1. The molecular formula is C51H67N3O14Si. The second kappa shape index (κ2) is 23.0. The number of alkyl carbamates (subject to hydrolysis) is 1. The molecule has 3 amide bonds. The summed E-state index contributed by atoms with van der Waals surface area (Å²) in [7, 11) is -1.15. The summed E-state index contributed by atoms with van der Waals surface area (Å²) in [5.41, 5.74) is 6.13. The van der Waals surface area contributed by atoms with Crippen molar-refractivity contribution in [3.8, 4) is 11.1 Å². The Bertz CT molecular complexity index is 2340. The molecule has 1 heterocycles. The Morgan fingerprint density at radius 3 is 1.84 bits per heavy atom. The van der Waals surface area contributed by atoms with Crippen LogP contribution in [0.2, 0.25) is 18.1 Å². The van der Waals surface area contributed by atoms with E-state index < -0.39 is 92.7 Å². The lowest BCUT2D eigenvalue weighted by atomic mass is 9.90. The molecule has 374 valence electrons. The number of hydrogen-bond acceptors (Lipinski definition) is 14. The molecule has 1 unspecified atom stereocenters. The smallest absolute Gasteiger partial charge is 0.407 e. The first-order valence-corrected chi connectivity index (χ1v) is 26.1. The van der Waals surface area contributed by atoms with E-state index in [-0.39, 0.29) is 42.9 Å². The Balaban J connectivity index is 1.32. The summed E-state index contributed by atoms with van der Waals surface area (Å²) in [6, 6.07) is 19.2. The van der Waals surface area contributed by atoms with Crippen molar-refractivity contribution in [1.29, 1.82) is 0 Å². The number of methoxy groups -OCH3 is 1. The number of carbonyl (C=O) groups excluding carboxylic acids is 7. The number of aryl methyl sites for hydroxylation is 1. The van der Waals surface area contributed by atoms with Crippen molar-refractivity contribution in [2.24, 2.45) is 5.92 Å². The highest BCUT2D eigenvalue weighted by Gasteiger charge is 2.54. The molecule has 2 aliphatic rings. The van der Waals surface area contributed by atoms with Crippen LogP contribution in [0, 0.1) is 5.92 Å². The van der Waals surface area contributed by atoms with Gasteiger partial charge in [-0.05, 0) is 89.3 Å². The Labute approximate surface area is 405 Å². The third-order valence-electron chi connectivity index (χ3n) is 12.9. The van der Waals surface area contributed by atoms with Gasteiger partial charge in [0.15, 0.2) is 32.7 Å². The molecule has 17 nitrogen and oxygen atoms in total. The van der Waals surface area contributed by atoms with Crippen LogP contribution in [0.3, 0.4) is 0 Å². The average Bonchev–Trinajstić information content (AvgIpc) is 3.59. The van der Waals surface area contributed by atoms with Crippen LogP contribution in [0.4, 0.5) is 10.5 Å². The van der Waals surface area contributed by atoms with Gasteiger partial charge in [-0.1, -0.05) is 89.2 Å². The van der Waals surface area contributed by atoms with Crippen LogP contribution < -0.4 is 16.0 Å². The third kappa shape index (κ3) is 13.6. The zero-order chi connectivity index (χ0) is 51.0. The van der Waals surface area contributed by atoms with Crippen LogP contribution in [0.25, 0.3) is 11.1 Å². The van der Waals surface area contributed by atoms with Crippen molar-refractivity contribution >= 4 is 55.8 Å². The van der Waals surface area contributed by atoms with Gasteiger partial charge >= 0.3 is 30.0 Å². The highest BCUT2D eigenvalue weighted by molar-refractivity contribution is 6.74. The maximum absolute atomic E-state index is 13.7. The van der Waals surface area contributed by atoms with E-state index in [1.54, 1.807) is 26.0 Å². The molecule has 1 aliphatic carbocycles. The van der Waals surface area contributed by atoms with E-state index in [2.05, 4.69) is 49.8 Å². The summed E-state index contributed by atoms with van der Waals surface area (Å²) in [5.74, 6) is -4.91. The molecule has 0 aromatic heterocycles. The van der Waals surface area contributed by atoms with Crippen molar-refractivity contribution in [2.75, 3.05) is 19.0 Å². The molecule has 1 aliphatic heterocycles. The summed E-state index contributed by atoms with van der Waals surface area (Å²) in [5, 5.41) is 8.19. The predicted octanol–water partition coefficient (Wildman–Crippen LogP) is 6.88. The molecule has 7 atom stereocenters. The molecule has 3 aromatic rings. The fraction of sp³-hybridized carbons (Fsp3) is 0.510. The van der Waals surface area contributed by atoms with Crippen molar-refractivity contribution in [3.05, 3.63) is 89.0 Å². The van der Waals surface area contributed by atoms with E-state index in [1.165, 1.54) is 6.92 Å². The molecule has 5 rings (SSSR count). The van der Waals surface area contributed by atoms with E-state index >= 15 is 0 Å². The number of carbonyl (C=O) groups is 7. The number of esters is 4. The van der Waals surface area contributed by atoms with Gasteiger partial charge < -0.3 is 48.8 Å². The molecule has 3 N–H and O–H groups in total. The fourth-order valence-corrected chi connectivity index (χ4v) is 9.15. The molecule has 0 saturated carbocycles. The van der Waals surface area contributed by atoms with Crippen molar-refractivity contribution in [1.82, 2.24) is 10.6 Å². The van der Waals surface area contributed by atoms with Crippen LogP contribution in [-0.2, 0) is 74.6 Å². The van der Waals surface area contributed by atoms with Gasteiger partial charge in [0.25, 0.3) is 0 Å². The Hall–Kier alpha value is -6.11. The monoisotopic (exact) mass is 973 g/mol. The number of amides is 3. The Kier molecular flexibility index (Phi) is 17.9. The van der Waals surface area contributed by atoms with Crippen molar-refractivity contribution < 1.29 is 66.4 Å². The topological polar surface area (TPSA) is 220 Å². The maximum atomic E-state index is 13.7. The van der Waals surface area contributed by atoms with Crippen molar-refractivity contribution in [3.63, 3.8) is 0 Å². The summed E-state index contributed by atoms with van der Waals surface area (Å²) in [4.78, 5) is 90.8. The fourth-order valence-electron chi connectivity index (χ4n) is 8.20. The van der Waals surface area contributed by atoms with Crippen LogP contribution in [0.15, 0.2) is 66.7 Å². The number of fused-ring (bicyclic) bond motifs is 3. The lowest BCUT2D eigenvalue weighted by molar-refractivity contribution is -0.249. The van der Waals surface area contributed by atoms with E-state index in [0.29, 0.717) is 11.3 Å². The summed E-state index contributed by atoms with van der Waals surface area (Å²) in [6.45, 7) is 19.3. The number of nitrogens with one attached hydrogen (secondary N) is 3. The molecule has 0 bridgehead atoms. The molecule has 0 radical (unpaired) electrons. The van der Waals surface area contributed by atoms with Gasteiger partial charge in [-0.15, -0.1) is 0 Å². The molecular weight excluding hydrogens is 907 g/mol. The zero-order valence-electron chi connectivity index (χ0n) is 41.6. The summed E-state index contributed by atoms with van der Waals surface area (Å²) < 4.78 is 40.1. The van der Waals surface area contributed by atoms with Gasteiger partial charge in [0.05, 0.1) is 19.8 Å². The summed E-state index contributed by atoms with van der Waals surface area (Å²) >= 11 is 0. The van der Waals surface area contributed by atoms with Gasteiger partial charge in [-0.3, -0.25) is 24.0 Å². The van der Waals surface area contributed by atoms with Gasteiger partial charge in [-0.2, -0.15) is 0 Å². The lowest BCUT2D eigenvalue weighted by Gasteiger charge is -2.43. The first-order valence-electron chi connectivity index (χ1n) is 23.2. The largest absolute Gasteiger partial charge is 0.467 e. The van der Waals surface area contributed by atoms with Crippen LogP contribution >= 0.6 is 0 Å². The second-order valence-corrected chi connectivity index (χ2v) is 24.1. The number of ether oxygens (including phenoxy) is 6. The van der Waals surface area contributed by atoms with Crippen LogP contribution in [0.5, 0.6) is 0 Å². The normalized spacial score (nSPS) is 19.8. The van der Waals surface area contributed by atoms with Gasteiger partial charge in [0.1, 0.15) is 18.7 Å². The third-order valence-corrected chi connectivity index (χ3v) is 17.3. The molecule has 0 spiro atoms. The average molecular weight is 974 g/mol. The Morgan fingerprint density at radius 2 is 1.29 bits per heavy atom. The quantitative estimate of drug-likeness (QED) is 0.0672. The van der Waals surface area contributed by atoms with Crippen LogP contribution in [0.1, 0.15) is 96.9 Å². The zero-order valence-corrected chi connectivity index (χ0v) is 42.6. The Morgan fingerprint density at radius 1 is 0.725 bits per heavy atom. The van der Waals surface area contributed by atoms with Crippen molar-refractivity contribution in [2.45, 2.75) is 148 Å². The first kappa shape index (κ1) is 53.8. The number of rotatable bonds is 18. The molecule has 18 heteroatoms. The molecule has 1 saturated heterocycles. The highest BCUT2D eigenvalue weighted by atomic mass is 28.4. The molecule has 69 heavy (non-hydrogen) atoms. The first-order chi connectivity index (χ1) is 32.4. The minimum absolute atomic E-state index is 0.0636. The van der Waals surface area contributed by atoms with Gasteiger partial charge in [0.2, 0.25) is 11.8 Å². The summed E-state index contributed by atoms with van der Waals surface area (Å²) in [6.07, 6.45) is -7.39. The molecule has 1 fully saturated rings. The van der Waals surface area contributed by atoms with Crippen LogP contribution in [-0.4, -0.2) is 106 Å². The van der Waals surface area contributed by atoms with Gasteiger partial charge in [0, 0.05) is 32.4 Å². The highest BCUT2D eigenvalue weighted by Crippen LogP contribution is 2.44.